The van der Waals surface area contributed by atoms with E-state index < -0.39 is 0 Å². The largest absolute Gasteiger partial charge is 0.393 e. The number of fused-ring (bicyclic) bond motifs is 5. The summed E-state index contributed by atoms with van der Waals surface area (Å²) in [7, 11) is 0. The van der Waals surface area contributed by atoms with Gasteiger partial charge in [0.15, 0.2) is 5.65 Å². The number of nitrogens with zero attached hydrogens (tertiary/aromatic N) is 4. The molecular weight excluding hydrogens is 360 g/mol. The first-order valence-electron chi connectivity index (χ1n) is 8.87. The minimum atomic E-state index is -0.271. The van der Waals surface area contributed by atoms with Crippen molar-refractivity contribution in [3.63, 3.8) is 0 Å². The second-order valence-corrected chi connectivity index (χ2v) is 7.82. The molecule has 1 aliphatic rings. The number of hydrogen-bond donors (Lipinski definition) is 1. The average Bonchev–Trinajstić information content (AvgIpc) is 3.08. The van der Waals surface area contributed by atoms with Crippen LogP contribution in [0.1, 0.15) is 18.4 Å². The molecule has 1 aliphatic heterocycles. The number of nitriles is 1. The zero-order valence-corrected chi connectivity index (χ0v) is 15.2. The Morgan fingerprint density at radius 1 is 1.19 bits per heavy atom. The molecular formula is C20H16N4O2S. The Labute approximate surface area is 158 Å². The molecule has 0 unspecified atom stereocenters. The number of aliphatic hydroxyl groups is 1. The molecule has 0 bridgehead atoms. The molecule has 1 fully saturated rings. The van der Waals surface area contributed by atoms with Gasteiger partial charge in [0.25, 0.3) is 0 Å². The van der Waals surface area contributed by atoms with E-state index in [2.05, 4.69) is 11.0 Å². The van der Waals surface area contributed by atoms with E-state index in [0.717, 1.165) is 29.1 Å². The second kappa shape index (κ2) is 6.05. The van der Waals surface area contributed by atoms with Crippen molar-refractivity contribution in [2.45, 2.75) is 18.9 Å². The smallest absolute Gasteiger partial charge is 0.210 e. The Kier molecular flexibility index (Phi) is 3.64. The fourth-order valence-corrected chi connectivity index (χ4v) is 4.88. The number of thiazole rings is 1. The Morgan fingerprint density at radius 2 is 1.96 bits per heavy atom. The molecule has 5 rings (SSSR count). The van der Waals surface area contributed by atoms with Crippen LogP contribution >= 0.6 is 11.3 Å². The first-order chi connectivity index (χ1) is 13.2. The number of para-hydroxylation sites is 1. The minimum absolute atomic E-state index is 0.166. The third-order valence-electron chi connectivity index (χ3n) is 5.17. The van der Waals surface area contributed by atoms with Crippen molar-refractivity contribution < 1.29 is 5.11 Å². The van der Waals surface area contributed by atoms with Gasteiger partial charge in [0.2, 0.25) is 5.43 Å². The van der Waals surface area contributed by atoms with Crippen LogP contribution in [0, 0.1) is 11.3 Å². The van der Waals surface area contributed by atoms with Gasteiger partial charge in [-0.05, 0) is 37.1 Å². The van der Waals surface area contributed by atoms with E-state index in [1.54, 1.807) is 6.07 Å². The summed E-state index contributed by atoms with van der Waals surface area (Å²) in [5.74, 6) is 0.794. The summed E-state index contributed by atoms with van der Waals surface area (Å²) in [5.41, 5.74) is 1.42. The molecule has 0 aliphatic carbocycles. The average molecular weight is 376 g/mol. The van der Waals surface area contributed by atoms with Gasteiger partial charge >= 0.3 is 0 Å². The van der Waals surface area contributed by atoms with Crippen LogP contribution in [-0.2, 0) is 0 Å². The lowest BCUT2D eigenvalue weighted by Gasteiger charge is -2.30. The maximum atomic E-state index is 12.9. The first kappa shape index (κ1) is 16.2. The van der Waals surface area contributed by atoms with Crippen LogP contribution in [0.5, 0.6) is 0 Å². The highest BCUT2D eigenvalue weighted by Gasteiger charge is 2.21. The SMILES string of the molecule is N#Cc1c(=O)c2ccc(N3CCC(O)CC3)nc2n2c1sc1ccccc12. The van der Waals surface area contributed by atoms with Crippen molar-refractivity contribution in [1.29, 1.82) is 5.26 Å². The molecule has 134 valence electrons. The Balaban J connectivity index is 1.85. The van der Waals surface area contributed by atoms with Gasteiger partial charge in [0.1, 0.15) is 22.3 Å². The summed E-state index contributed by atoms with van der Waals surface area (Å²) in [6, 6.07) is 13.6. The normalized spacial score (nSPS) is 15.6. The molecule has 0 radical (unpaired) electrons. The van der Waals surface area contributed by atoms with Gasteiger partial charge in [-0.25, -0.2) is 4.98 Å². The van der Waals surface area contributed by atoms with Gasteiger partial charge in [-0.2, -0.15) is 5.26 Å². The molecule has 0 saturated carbocycles. The van der Waals surface area contributed by atoms with E-state index in [1.807, 2.05) is 34.7 Å². The van der Waals surface area contributed by atoms with E-state index in [0.29, 0.717) is 28.7 Å². The van der Waals surface area contributed by atoms with Gasteiger partial charge in [-0.15, -0.1) is 11.3 Å². The van der Waals surface area contributed by atoms with Crippen molar-refractivity contribution in [2.24, 2.45) is 0 Å². The number of rotatable bonds is 1. The summed E-state index contributed by atoms with van der Waals surface area (Å²) in [4.78, 5) is 20.4. The van der Waals surface area contributed by atoms with Gasteiger partial charge in [-0.1, -0.05) is 12.1 Å². The molecule has 0 amide bonds. The predicted molar refractivity (Wildman–Crippen MR) is 107 cm³/mol. The summed E-state index contributed by atoms with van der Waals surface area (Å²) in [6.07, 6.45) is 1.17. The van der Waals surface area contributed by atoms with E-state index in [1.165, 1.54) is 11.3 Å². The number of anilines is 1. The van der Waals surface area contributed by atoms with E-state index >= 15 is 0 Å². The van der Waals surface area contributed by atoms with Crippen molar-refractivity contribution >= 4 is 43.2 Å². The highest BCUT2D eigenvalue weighted by molar-refractivity contribution is 7.24. The summed E-state index contributed by atoms with van der Waals surface area (Å²) >= 11 is 1.44. The Bertz CT molecular complexity index is 1290. The predicted octanol–water partition coefficient (Wildman–Crippen LogP) is 2.90. The molecule has 3 aromatic heterocycles. The molecule has 1 N–H and O–H groups in total. The first-order valence-corrected chi connectivity index (χ1v) is 9.69. The van der Waals surface area contributed by atoms with Gasteiger partial charge in [-0.3, -0.25) is 9.20 Å². The van der Waals surface area contributed by atoms with Crippen LogP contribution in [0.2, 0.25) is 0 Å². The number of aliphatic hydroxyl groups excluding tert-OH is 1. The fourth-order valence-electron chi connectivity index (χ4n) is 3.75. The second-order valence-electron chi connectivity index (χ2n) is 6.79. The Morgan fingerprint density at radius 3 is 2.74 bits per heavy atom. The lowest BCUT2D eigenvalue weighted by Crippen LogP contribution is -2.36. The van der Waals surface area contributed by atoms with Crippen LogP contribution in [0.3, 0.4) is 0 Å². The van der Waals surface area contributed by atoms with Gasteiger partial charge < -0.3 is 10.0 Å². The molecule has 27 heavy (non-hydrogen) atoms. The van der Waals surface area contributed by atoms with Crippen molar-refractivity contribution in [3.8, 4) is 6.07 Å². The summed E-state index contributed by atoms with van der Waals surface area (Å²) < 4.78 is 2.94. The number of hydrogen-bond acceptors (Lipinski definition) is 6. The standard InChI is InChI=1S/C20H16N4O2S/c21-11-14-18(26)13-5-6-17(23-9-7-12(25)8-10-23)22-19(13)24-15-3-1-2-4-16(15)27-20(14)24/h1-6,12,25H,7-10H2. The minimum Gasteiger partial charge on any atom is -0.393 e. The highest BCUT2D eigenvalue weighted by atomic mass is 32.1. The quantitative estimate of drug-likeness (QED) is 0.552. The number of pyridine rings is 2. The molecule has 4 heterocycles. The van der Waals surface area contributed by atoms with Crippen LogP contribution in [0.4, 0.5) is 5.82 Å². The Hall–Kier alpha value is -2.95. The van der Waals surface area contributed by atoms with Gasteiger partial charge in [0, 0.05) is 13.1 Å². The summed E-state index contributed by atoms with van der Waals surface area (Å²) in [6.45, 7) is 1.47. The van der Waals surface area contributed by atoms with Crippen molar-refractivity contribution in [3.05, 3.63) is 52.2 Å². The molecule has 0 atom stereocenters. The van der Waals surface area contributed by atoms with Crippen LogP contribution in [0.25, 0.3) is 26.1 Å². The highest BCUT2D eigenvalue weighted by Crippen LogP contribution is 2.31. The third-order valence-corrected chi connectivity index (χ3v) is 6.32. The van der Waals surface area contributed by atoms with Crippen molar-refractivity contribution in [2.75, 3.05) is 18.0 Å². The van der Waals surface area contributed by atoms with Gasteiger partial charge in [0.05, 0.1) is 21.7 Å². The molecule has 1 aromatic carbocycles. The van der Waals surface area contributed by atoms with E-state index in [-0.39, 0.29) is 17.1 Å². The maximum absolute atomic E-state index is 12.9. The monoisotopic (exact) mass is 376 g/mol. The van der Waals surface area contributed by atoms with Crippen molar-refractivity contribution in [1.82, 2.24) is 9.38 Å². The van der Waals surface area contributed by atoms with E-state index in [9.17, 15) is 15.2 Å². The molecule has 6 nitrogen and oxygen atoms in total. The lowest BCUT2D eigenvalue weighted by molar-refractivity contribution is 0.145. The number of piperidine rings is 1. The third kappa shape index (κ3) is 2.41. The topological polar surface area (TPSA) is 81.6 Å². The fraction of sp³-hybridized carbons (Fsp3) is 0.250. The molecule has 0 spiro atoms. The van der Waals surface area contributed by atoms with Crippen LogP contribution in [-0.4, -0.2) is 33.7 Å². The molecule has 7 heteroatoms. The van der Waals surface area contributed by atoms with Crippen LogP contribution in [0.15, 0.2) is 41.2 Å². The number of aromatic nitrogens is 2. The lowest BCUT2D eigenvalue weighted by atomic mass is 10.1. The maximum Gasteiger partial charge on any atom is 0.210 e. The molecule has 4 aromatic rings. The molecule has 1 saturated heterocycles. The number of benzene rings is 1. The van der Waals surface area contributed by atoms with E-state index in [4.69, 9.17) is 4.98 Å². The summed E-state index contributed by atoms with van der Waals surface area (Å²) in [5, 5.41) is 19.8. The zero-order chi connectivity index (χ0) is 18.5. The van der Waals surface area contributed by atoms with Crippen LogP contribution < -0.4 is 10.3 Å². The zero-order valence-electron chi connectivity index (χ0n) is 14.4.